The predicted octanol–water partition coefficient (Wildman–Crippen LogP) is 2.24. The van der Waals surface area contributed by atoms with Crippen LogP contribution < -0.4 is 9.47 Å². The molecule has 0 aliphatic carbocycles. The molecule has 8 nitrogen and oxygen atoms in total. The molecule has 0 aliphatic heterocycles. The predicted molar refractivity (Wildman–Crippen MR) is 86.0 cm³/mol. The van der Waals surface area contributed by atoms with Crippen LogP contribution in [0.2, 0.25) is 0 Å². The molecule has 130 valence electrons. The van der Waals surface area contributed by atoms with Crippen LogP contribution in [0.3, 0.4) is 0 Å². The Balaban J connectivity index is 2.05. The number of rotatable bonds is 8. The molecule has 2 aromatic rings. The molecule has 8 heteroatoms. The average Bonchev–Trinajstić information content (AvgIpc) is 3.00. The quantitative estimate of drug-likeness (QED) is 0.684. The summed E-state index contributed by atoms with van der Waals surface area (Å²) < 4.78 is 17.8. The Hall–Kier alpha value is -2.64. The summed E-state index contributed by atoms with van der Waals surface area (Å²) >= 11 is 0. The summed E-state index contributed by atoms with van der Waals surface area (Å²) in [5.41, 5.74) is 0.373. The number of ether oxygens (including phenoxy) is 3. The van der Waals surface area contributed by atoms with Crippen molar-refractivity contribution in [3.63, 3.8) is 0 Å². The number of hydrogen-bond acceptors (Lipinski definition) is 7. The van der Waals surface area contributed by atoms with Crippen LogP contribution in [0.1, 0.15) is 43.4 Å². The molecule has 1 heterocycles. The van der Waals surface area contributed by atoms with E-state index in [4.69, 9.17) is 14.2 Å². The monoisotopic (exact) mass is 334 g/mol. The fraction of sp³-hybridized carbons (Fsp3) is 0.500. The Morgan fingerprint density at radius 2 is 2.08 bits per heavy atom. The van der Waals surface area contributed by atoms with E-state index in [1.165, 1.54) is 7.11 Å². The van der Waals surface area contributed by atoms with Crippen molar-refractivity contribution < 1.29 is 19.0 Å². The maximum Gasteiger partial charge on any atom is 0.338 e. The van der Waals surface area contributed by atoms with Crippen molar-refractivity contribution in [3.8, 4) is 11.5 Å². The number of carbonyl (C=O) groups excluding carboxylic acids is 1. The zero-order chi connectivity index (χ0) is 17.5. The largest absolute Gasteiger partial charge is 0.493 e. The van der Waals surface area contributed by atoms with Crippen molar-refractivity contribution in [1.29, 1.82) is 0 Å². The molecular formula is C16H22N4O4. The zero-order valence-electron chi connectivity index (χ0n) is 14.4. The number of methoxy groups -OCH3 is 1. The van der Waals surface area contributed by atoms with Gasteiger partial charge in [0.25, 0.3) is 0 Å². The fourth-order valence-corrected chi connectivity index (χ4v) is 2.07. The Labute approximate surface area is 140 Å². The normalized spacial score (nSPS) is 10.7. The van der Waals surface area contributed by atoms with Crippen LogP contribution in [0.4, 0.5) is 0 Å². The van der Waals surface area contributed by atoms with Gasteiger partial charge in [0.1, 0.15) is 0 Å². The standard InChI is InChI=1S/C16H22N4O4/c1-5-8-20-15(17-18-19-20)10-23-16(21)12-6-7-13(24-11(2)3)14(9-12)22-4/h6-7,9,11H,5,8,10H2,1-4H3. The van der Waals surface area contributed by atoms with Crippen molar-refractivity contribution in [2.75, 3.05) is 7.11 Å². The third-order valence-electron chi connectivity index (χ3n) is 3.14. The Morgan fingerprint density at radius 1 is 1.29 bits per heavy atom. The van der Waals surface area contributed by atoms with Crippen LogP contribution >= 0.6 is 0 Å². The van der Waals surface area contributed by atoms with Crippen LogP contribution in [0.5, 0.6) is 11.5 Å². The summed E-state index contributed by atoms with van der Waals surface area (Å²) in [6.07, 6.45) is 0.898. The lowest BCUT2D eigenvalue weighted by atomic mass is 10.2. The molecule has 0 fully saturated rings. The van der Waals surface area contributed by atoms with E-state index in [1.54, 1.807) is 22.9 Å². The molecule has 0 bridgehead atoms. The van der Waals surface area contributed by atoms with Gasteiger partial charge < -0.3 is 14.2 Å². The fourth-order valence-electron chi connectivity index (χ4n) is 2.07. The maximum absolute atomic E-state index is 12.2. The van der Waals surface area contributed by atoms with Gasteiger partial charge in [-0.15, -0.1) is 5.10 Å². The van der Waals surface area contributed by atoms with Gasteiger partial charge in [-0.05, 0) is 48.9 Å². The molecule has 0 amide bonds. The Morgan fingerprint density at radius 3 is 2.75 bits per heavy atom. The van der Waals surface area contributed by atoms with Gasteiger partial charge in [-0.2, -0.15) is 0 Å². The Bertz CT molecular complexity index is 684. The molecule has 24 heavy (non-hydrogen) atoms. The molecule has 2 rings (SSSR count). The highest BCUT2D eigenvalue weighted by atomic mass is 16.5. The lowest BCUT2D eigenvalue weighted by molar-refractivity contribution is 0.0456. The molecule has 0 unspecified atom stereocenters. The lowest BCUT2D eigenvalue weighted by Crippen LogP contribution is -2.11. The summed E-state index contributed by atoms with van der Waals surface area (Å²) in [6.45, 7) is 6.54. The molecule has 0 saturated carbocycles. The first-order valence-corrected chi connectivity index (χ1v) is 7.82. The number of nitrogens with zero attached hydrogens (tertiary/aromatic N) is 4. The highest BCUT2D eigenvalue weighted by molar-refractivity contribution is 5.90. The van der Waals surface area contributed by atoms with Crippen LogP contribution in [0, 0.1) is 0 Å². The SMILES string of the molecule is CCCn1nnnc1COC(=O)c1ccc(OC(C)C)c(OC)c1. The molecule has 0 aliphatic rings. The maximum atomic E-state index is 12.2. The van der Waals surface area contributed by atoms with Gasteiger partial charge >= 0.3 is 5.97 Å². The first-order valence-electron chi connectivity index (χ1n) is 7.82. The van der Waals surface area contributed by atoms with E-state index in [0.717, 1.165) is 6.42 Å². The minimum atomic E-state index is -0.476. The zero-order valence-corrected chi connectivity index (χ0v) is 14.4. The second-order valence-electron chi connectivity index (χ2n) is 5.43. The van der Waals surface area contributed by atoms with E-state index < -0.39 is 5.97 Å². The molecule has 0 atom stereocenters. The van der Waals surface area contributed by atoms with Crippen LogP contribution in [0.25, 0.3) is 0 Å². The Kier molecular flexibility index (Phi) is 6.11. The number of esters is 1. The molecule has 0 spiro atoms. The summed E-state index contributed by atoms with van der Waals surface area (Å²) in [5, 5.41) is 11.3. The van der Waals surface area contributed by atoms with Gasteiger partial charge in [0.2, 0.25) is 0 Å². The smallest absolute Gasteiger partial charge is 0.338 e. The molecule has 1 aromatic carbocycles. The summed E-state index contributed by atoms with van der Waals surface area (Å²) in [7, 11) is 1.52. The first-order chi connectivity index (χ1) is 11.5. The minimum absolute atomic E-state index is 0.00845. The van der Waals surface area contributed by atoms with Gasteiger partial charge in [0.15, 0.2) is 23.9 Å². The summed E-state index contributed by atoms with van der Waals surface area (Å²) in [5.74, 6) is 1.09. The van der Waals surface area contributed by atoms with Crippen LogP contribution in [-0.4, -0.2) is 39.4 Å². The van der Waals surface area contributed by atoms with E-state index in [1.807, 2.05) is 20.8 Å². The second-order valence-corrected chi connectivity index (χ2v) is 5.43. The highest BCUT2D eigenvalue weighted by Gasteiger charge is 2.15. The van der Waals surface area contributed by atoms with E-state index in [0.29, 0.717) is 29.4 Å². The highest BCUT2D eigenvalue weighted by Crippen LogP contribution is 2.29. The molecule has 0 N–H and O–H groups in total. The third kappa shape index (κ3) is 4.43. The van der Waals surface area contributed by atoms with E-state index in [9.17, 15) is 4.79 Å². The van der Waals surface area contributed by atoms with Crippen molar-refractivity contribution in [3.05, 3.63) is 29.6 Å². The van der Waals surface area contributed by atoms with Gasteiger partial charge in [0.05, 0.1) is 18.8 Å². The number of tetrazole rings is 1. The van der Waals surface area contributed by atoms with Crippen LogP contribution in [0.15, 0.2) is 18.2 Å². The number of aryl methyl sites for hydroxylation is 1. The van der Waals surface area contributed by atoms with Crippen molar-refractivity contribution in [2.24, 2.45) is 0 Å². The van der Waals surface area contributed by atoms with Crippen molar-refractivity contribution in [2.45, 2.75) is 46.4 Å². The van der Waals surface area contributed by atoms with E-state index >= 15 is 0 Å². The summed E-state index contributed by atoms with van der Waals surface area (Å²) in [4.78, 5) is 12.2. The van der Waals surface area contributed by atoms with Crippen LogP contribution in [-0.2, 0) is 17.9 Å². The first kappa shape index (κ1) is 17.7. The molecule has 0 saturated heterocycles. The number of hydrogen-bond donors (Lipinski definition) is 0. The third-order valence-corrected chi connectivity index (χ3v) is 3.14. The van der Waals surface area contributed by atoms with E-state index in [2.05, 4.69) is 15.5 Å². The molecular weight excluding hydrogens is 312 g/mol. The number of benzene rings is 1. The summed E-state index contributed by atoms with van der Waals surface area (Å²) in [6, 6.07) is 4.92. The minimum Gasteiger partial charge on any atom is -0.493 e. The molecule has 1 aromatic heterocycles. The molecule has 0 radical (unpaired) electrons. The van der Waals surface area contributed by atoms with Gasteiger partial charge in [-0.25, -0.2) is 9.48 Å². The van der Waals surface area contributed by atoms with E-state index in [-0.39, 0.29) is 12.7 Å². The topological polar surface area (TPSA) is 88.4 Å². The number of aromatic nitrogens is 4. The average molecular weight is 334 g/mol. The number of carbonyl (C=O) groups is 1. The van der Waals surface area contributed by atoms with Gasteiger partial charge in [0, 0.05) is 6.54 Å². The van der Waals surface area contributed by atoms with Gasteiger partial charge in [-0.1, -0.05) is 6.92 Å². The van der Waals surface area contributed by atoms with Gasteiger partial charge in [-0.3, -0.25) is 0 Å². The van der Waals surface area contributed by atoms with Crippen molar-refractivity contribution in [1.82, 2.24) is 20.2 Å². The van der Waals surface area contributed by atoms with Crippen molar-refractivity contribution >= 4 is 5.97 Å². The lowest BCUT2D eigenvalue weighted by Gasteiger charge is -2.14. The second kappa shape index (κ2) is 8.28.